The van der Waals surface area contributed by atoms with E-state index in [9.17, 15) is 13.2 Å². The van der Waals surface area contributed by atoms with E-state index in [1.54, 1.807) is 6.26 Å². The normalized spacial score (nSPS) is 11.8. The van der Waals surface area contributed by atoms with Gasteiger partial charge in [-0.1, -0.05) is 15.9 Å². The van der Waals surface area contributed by atoms with E-state index in [4.69, 9.17) is 5.73 Å². The lowest BCUT2D eigenvalue weighted by molar-refractivity contribution is -0.139. The van der Waals surface area contributed by atoms with Crippen molar-refractivity contribution in [2.75, 3.05) is 12.0 Å². The summed E-state index contributed by atoms with van der Waals surface area (Å²) in [5, 5.41) is 0. The average molecular weight is 286 g/mol. The maximum absolute atomic E-state index is 12.5. The Balaban J connectivity index is 3.40. The fourth-order valence-corrected chi connectivity index (χ4v) is 2.22. The molecule has 0 aliphatic rings. The summed E-state index contributed by atoms with van der Waals surface area (Å²) in [6, 6.07) is 2.49. The first kappa shape index (κ1) is 11.7. The lowest BCUT2D eigenvalue weighted by atomic mass is 10.2. The number of hydrogen-bond donors (Lipinski definition) is 1. The van der Waals surface area contributed by atoms with Gasteiger partial charge in [0, 0.05) is 15.1 Å². The van der Waals surface area contributed by atoms with E-state index in [0.717, 1.165) is 17.8 Å². The molecule has 0 aromatic heterocycles. The third-order valence-electron chi connectivity index (χ3n) is 1.59. The summed E-state index contributed by atoms with van der Waals surface area (Å²) < 4.78 is 37.9. The number of nitrogens with two attached hydrogens (primary N) is 1. The van der Waals surface area contributed by atoms with Gasteiger partial charge in [0.05, 0.1) is 5.56 Å². The van der Waals surface area contributed by atoms with Crippen molar-refractivity contribution in [1.29, 1.82) is 0 Å². The Morgan fingerprint density at radius 3 is 2.36 bits per heavy atom. The molecule has 1 rings (SSSR count). The predicted octanol–water partition coefficient (Wildman–Crippen LogP) is 3.77. The van der Waals surface area contributed by atoms with Crippen LogP contribution in [0.3, 0.4) is 0 Å². The molecule has 14 heavy (non-hydrogen) atoms. The van der Waals surface area contributed by atoms with Gasteiger partial charge in [-0.05, 0) is 18.4 Å². The number of nitrogen functional groups attached to an aromatic ring is 1. The Hall–Kier alpha value is -0.360. The van der Waals surface area contributed by atoms with Crippen LogP contribution in [0.25, 0.3) is 0 Å². The van der Waals surface area contributed by atoms with Crippen molar-refractivity contribution in [3.63, 3.8) is 0 Å². The molecule has 0 radical (unpaired) electrons. The second kappa shape index (κ2) is 4.02. The minimum absolute atomic E-state index is 0.0701. The Kier molecular flexibility index (Phi) is 3.36. The van der Waals surface area contributed by atoms with Gasteiger partial charge in [0.15, 0.2) is 0 Å². The molecule has 0 spiro atoms. The Morgan fingerprint density at radius 2 is 1.93 bits per heavy atom. The molecule has 0 aliphatic carbocycles. The second-order valence-corrected chi connectivity index (χ2v) is 4.31. The minimum atomic E-state index is -4.36. The first-order valence-electron chi connectivity index (χ1n) is 3.56. The summed E-state index contributed by atoms with van der Waals surface area (Å²) >= 11 is 3.97. The molecule has 0 heterocycles. The monoisotopic (exact) mass is 285 g/mol. The zero-order valence-corrected chi connectivity index (χ0v) is 9.55. The number of alkyl halides is 3. The van der Waals surface area contributed by atoms with Gasteiger partial charge < -0.3 is 5.73 Å². The molecular weight excluding hydrogens is 279 g/mol. The van der Waals surface area contributed by atoms with Gasteiger partial charge in [0.25, 0.3) is 0 Å². The van der Waals surface area contributed by atoms with Gasteiger partial charge in [-0.2, -0.15) is 13.2 Å². The predicted molar refractivity (Wildman–Crippen MR) is 55.3 cm³/mol. The van der Waals surface area contributed by atoms with Crippen molar-refractivity contribution in [1.82, 2.24) is 0 Å². The molecule has 0 saturated carbocycles. The molecule has 0 atom stereocenters. The van der Waals surface area contributed by atoms with E-state index in [1.807, 2.05) is 0 Å². The van der Waals surface area contributed by atoms with E-state index in [2.05, 4.69) is 15.9 Å². The van der Waals surface area contributed by atoms with Crippen molar-refractivity contribution in [3.8, 4) is 0 Å². The number of halogens is 4. The van der Waals surface area contributed by atoms with Gasteiger partial charge in [-0.25, -0.2) is 0 Å². The molecule has 0 saturated heterocycles. The van der Waals surface area contributed by atoms with E-state index in [-0.39, 0.29) is 10.6 Å². The molecule has 78 valence electrons. The molecule has 1 aromatic rings. The van der Waals surface area contributed by atoms with Crippen LogP contribution in [-0.4, -0.2) is 6.26 Å². The van der Waals surface area contributed by atoms with Crippen LogP contribution in [0.4, 0.5) is 18.9 Å². The van der Waals surface area contributed by atoms with Gasteiger partial charge in [-0.3, -0.25) is 0 Å². The van der Waals surface area contributed by atoms with Gasteiger partial charge in [0.2, 0.25) is 0 Å². The molecule has 0 bridgehead atoms. The molecule has 2 N–H and O–H groups in total. The van der Waals surface area contributed by atoms with Crippen LogP contribution >= 0.6 is 27.7 Å². The van der Waals surface area contributed by atoms with Crippen LogP contribution in [0.1, 0.15) is 5.56 Å². The summed E-state index contributed by atoms with van der Waals surface area (Å²) in [6.45, 7) is 0. The molecule has 0 aliphatic heterocycles. The van der Waals surface area contributed by atoms with Crippen molar-refractivity contribution < 1.29 is 13.2 Å². The van der Waals surface area contributed by atoms with Crippen molar-refractivity contribution >= 4 is 33.4 Å². The Labute approximate surface area is 92.0 Å². The van der Waals surface area contributed by atoms with E-state index < -0.39 is 11.7 Å². The van der Waals surface area contributed by atoms with Crippen molar-refractivity contribution in [2.45, 2.75) is 11.1 Å². The highest BCUT2D eigenvalue weighted by molar-refractivity contribution is 9.10. The third-order valence-corrected chi connectivity index (χ3v) is 2.91. The second-order valence-electron chi connectivity index (χ2n) is 2.57. The maximum Gasteiger partial charge on any atom is 0.417 e. The lowest BCUT2D eigenvalue weighted by Gasteiger charge is -2.13. The summed E-state index contributed by atoms with van der Waals surface area (Å²) in [5.74, 6) is 0. The number of thioether (sulfide) groups is 1. The number of hydrogen-bond acceptors (Lipinski definition) is 2. The summed E-state index contributed by atoms with van der Waals surface area (Å²) in [5.41, 5.74) is 4.92. The number of anilines is 1. The topological polar surface area (TPSA) is 26.0 Å². The fraction of sp³-hybridized carbons (Fsp3) is 0.250. The van der Waals surface area contributed by atoms with Crippen LogP contribution in [0.5, 0.6) is 0 Å². The molecule has 1 aromatic carbocycles. The Morgan fingerprint density at radius 1 is 1.36 bits per heavy atom. The maximum atomic E-state index is 12.5. The first-order valence-corrected chi connectivity index (χ1v) is 5.58. The summed E-state index contributed by atoms with van der Waals surface area (Å²) in [7, 11) is 0. The zero-order chi connectivity index (χ0) is 10.9. The zero-order valence-electron chi connectivity index (χ0n) is 7.15. The van der Waals surface area contributed by atoms with E-state index in [0.29, 0.717) is 4.47 Å². The standard InChI is InChI=1S/C8H7BrF3NS/c1-14-7-5(8(10,11)12)2-4(9)3-6(7)13/h2-3H,13H2,1H3. The average Bonchev–Trinajstić information content (AvgIpc) is 2.01. The number of rotatable bonds is 1. The number of benzene rings is 1. The molecule has 0 amide bonds. The Bertz CT molecular complexity index is 351. The molecule has 6 heteroatoms. The quantitative estimate of drug-likeness (QED) is 0.628. The van der Waals surface area contributed by atoms with Crippen LogP contribution < -0.4 is 5.73 Å². The van der Waals surface area contributed by atoms with Gasteiger partial charge in [-0.15, -0.1) is 11.8 Å². The SMILES string of the molecule is CSc1c(N)cc(Br)cc1C(F)(F)F. The van der Waals surface area contributed by atoms with Crippen LogP contribution in [0.2, 0.25) is 0 Å². The highest BCUT2D eigenvalue weighted by Crippen LogP contribution is 2.40. The smallest absolute Gasteiger partial charge is 0.398 e. The molecule has 0 unspecified atom stereocenters. The van der Waals surface area contributed by atoms with E-state index in [1.165, 1.54) is 6.07 Å². The van der Waals surface area contributed by atoms with Crippen molar-refractivity contribution in [2.24, 2.45) is 0 Å². The highest BCUT2D eigenvalue weighted by atomic mass is 79.9. The largest absolute Gasteiger partial charge is 0.417 e. The summed E-state index contributed by atoms with van der Waals surface area (Å²) in [6.07, 6.45) is -2.80. The van der Waals surface area contributed by atoms with Crippen LogP contribution in [0.15, 0.2) is 21.5 Å². The van der Waals surface area contributed by atoms with E-state index >= 15 is 0 Å². The van der Waals surface area contributed by atoms with Crippen LogP contribution in [-0.2, 0) is 6.18 Å². The van der Waals surface area contributed by atoms with Crippen LogP contribution in [0, 0.1) is 0 Å². The molecule has 1 nitrogen and oxygen atoms in total. The first-order chi connectivity index (χ1) is 6.36. The molecule has 0 fully saturated rings. The summed E-state index contributed by atoms with van der Waals surface area (Å²) in [4.78, 5) is 0.0701. The lowest BCUT2D eigenvalue weighted by Crippen LogP contribution is -2.08. The fourth-order valence-electron chi connectivity index (χ4n) is 1.05. The van der Waals surface area contributed by atoms with Gasteiger partial charge in [0.1, 0.15) is 0 Å². The highest BCUT2D eigenvalue weighted by Gasteiger charge is 2.34. The third kappa shape index (κ3) is 2.36. The minimum Gasteiger partial charge on any atom is -0.398 e. The van der Waals surface area contributed by atoms with Gasteiger partial charge >= 0.3 is 6.18 Å². The van der Waals surface area contributed by atoms with Crippen molar-refractivity contribution in [3.05, 3.63) is 22.2 Å². The molecular formula is C8H7BrF3NS.